The van der Waals surface area contributed by atoms with E-state index in [1.807, 2.05) is 18.3 Å². The first-order chi connectivity index (χ1) is 18.0. The highest BCUT2D eigenvalue weighted by molar-refractivity contribution is 9.10. The third-order valence-corrected chi connectivity index (χ3v) is 7.97. The number of carbonyl (C=O) groups is 1. The van der Waals surface area contributed by atoms with Crippen molar-refractivity contribution >= 4 is 33.2 Å². The van der Waals surface area contributed by atoms with E-state index in [1.165, 1.54) is 6.92 Å². The van der Waals surface area contributed by atoms with Crippen molar-refractivity contribution < 1.29 is 14.3 Å². The van der Waals surface area contributed by atoms with Gasteiger partial charge < -0.3 is 10.8 Å². The lowest BCUT2D eigenvalue weighted by atomic mass is 9.78. The molecular weight excluding hydrogens is 553 g/mol. The van der Waals surface area contributed by atoms with E-state index in [0.717, 1.165) is 40.9 Å². The fourth-order valence-electron chi connectivity index (χ4n) is 5.21. The Hall–Kier alpha value is -3.18. The number of carbonyl (C=O) groups excluding carboxylic acids is 1. The Morgan fingerprint density at radius 1 is 1.18 bits per heavy atom. The van der Waals surface area contributed by atoms with Crippen molar-refractivity contribution in [3.05, 3.63) is 47.1 Å². The van der Waals surface area contributed by atoms with Crippen LogP contribution in [0.15, 0.2) is 41.4 Å². The number of pyridine rings is 1. The molecule has 0 aromatic carbocycles. The number of aliphatic hydroxyl groups is 1. The molecule has 1 unspecified atom stereocenters. The van der Waals surface area contributed by atoms with E-state index >= 15 is 0 Å². The lowest BCUT2D eigenvalue weighted by molar-refractivity contribution is -0.124. The number of nitrogen functional groups attached to an aromatic ring is 1. The molecule has 0 bridgehead atoms. The molecule has 4 heterocycles. The summed E-state index contributed by atoms with van der Waals surface area (Å²) in [5.74, 6) is -0.0732. The van der Waals surface area contributed by atoms with Crippen molar-refractivity contribution in [3.8, 4) is 22.4 Å². The fraction of sp³-hybridized carbons (Fsp3) is 0.444. The monoisotopic (exact) mass is 583 g/mol. The van der Waals surface area contributed by atoms with Gasteiger partial charge in [0.1, 0.15) is 5.82 Å². The Balaban J connectivity index is 1.41. The maximum Gasteiger partial charge on any atom is 0.165 e. The topological polar surface area (TPSA) is 124 Å². The van der Waals surface area contributed by atoms with Gasteiger partial charge in [-0.1, -0.05) is 6.07 Å². The molecular formula is C27H31BrFN7O2. The molecule has 1 aliphatic carbocycles. The van der Waals surface area contributed by atoms with Crippen molar-refractivity contribution in [1.29, 1.82) is 0 Å². The van der Waals surface area contributed by atoms with Gasteiger partial charge in [-0.05, 0) is 74.4 Å². The smallest absolute Gasteiger partial charge is 0.165 e. The fourth-order valence-corrected chi connectivity index (χ4v) is 5.79. The molecule has 3 N–H and O–H groups in total. The van der Waals surface area contributed by atoms with E-state index in [-0.39, 0.29) is 11.8 Å². The molecule has 1 fully saturated rings. The number of hydrogen-bond acceptors (Lipinski definition) is 7. The van der Waals surface area contributed by atoms with Gasteiger partial charge in [0.05, 0.1) is 40.4 Å². The Bertz CT molecular complexity index is 1470. The number of nitrogens with zero attached hydrogens (tertiary/aromatic N) is 6. The lowest BCUT2D eigenvalue weighted by Crippen LogP contribution is -2.27. The number of alkyl halides is 1. The molecule has 0 radical (unpaired) electrons. The van der Waals surface area contributed by atoms with Crippen LogP contribution in [0.25, 0.3) is 28.0 Å². The van der Waals surface area contributed by atoms with Gasteiger partial charge in [-0.15, -0.1) is 0 Å². The molecule has 5 rings (SSSR count). The number of aromatic nitrogens is 6. The van der Waals surface area contributed by atoms with Crippen molar-refractivity contribution in [1.82, 2.24) is 29.4 Å². The zero-order chi connectivity index (χ0) is 27.2. The minimum Gasteiger partial charge on any atom is -0.389 e. The summed E-state index contributed by atoms with van der Waals surface area (Å²) in [6.45, 7) is 5.17. The van der Waals surface area contributed by atoms with Gasteiger partial charge in [0, 0.05) is 35.0 Å². The summed E-state index contributed by atoms with van der Waals surface area (Å²) in [6.07, 6.45) is 8.43. The van der Waals surface area contributed by atoms with E-state index < -0.39 is 17.6 Å². The highest BCUT2D eigenvalue weighted by atomic mass is 79.9. The van der Waals surface area contributed by atoms with Crippen LogP contribution >= 0.6 is 15.9 Å². The average molecular weight is 584 g/mol. The average Bonchev–Trinajstić information content (AvgIpc) is 3.52. The maximum atomic E-state index is 14.3. The largest absolute Gasteiger partial charge is 0.389 e. The summed E-state index contributed by atoms with van der Waals surface area (Å²) in [5, 5.41) is 18.8. The van der Waals surface area contributed by atoms with Gasteiger partial charge in [0.25, 0.3) is 0 Å². The second-order valence-electron chi connectivity index (χ2n) is 10.8. The summed E-state index contributed by atoms with van der Waals surface area (Å²) in [5.41, 5.74) is 10.3. The first-order valence-corrected chi connectivity index (χ1v) is 13.5. The number of ketones is 1. The minimum atomic E-state index is -1.40. The highest BCUT2D eigenvalue weighted by Crippen LogP contribution is 2.42. The van der Waals surface area contributed by atoms with Gasteiger partial charge in [-0.3, -0.25) is 14.5 Å². The predicted octanol–water partition coefficient (Wildman–Crippen LogP) is 4.97. The van der Waals surface area contributed by atoms with Crippen LogP contribution < -0.4 is 5.73 Å². The molecule has 4 aromatic rings. The van der Waals surface area contributed by atoms with Gasteiger partial charge in [0.2, 0.25) is 0 Å². The zero-order valence-electron chi connectivity index (χ0n) is 21.6. The lowest BCUT2D eigenvalue weighted by Gasteiger charge is -2.30. The summed E-state index contributed by atoms with van der Waals surface area (Å²) in [4.78, 5) is 21.1. The standard InChI is InChI=1S/C27H31BrFN7O2/c1-15(37)23(29)16-4-6-17(7-5-16)24-22(28)25(30)36-26(34-24)20(12-33-36)18-8-9-21(31-10-18)19-11-32-35(13-19)14-27(2,3)38/h8-13,16-17,23,38H,4-7,14,30H2,1-3H3. The Morgan fingerprint density at radius 2 is 1.92 bits per heavy atom. The van der Waals surface area contributed by atoms with Crippen molar-refractivity contribution in [3.63, 3.8) is 0 Å². The van der Waals surface area contributed by atoms with Gasteiger partial charge in [0.15, 0.2) is 17.6 Å². The molecule has 0 aliphatic heterocycles. The van der Waals surface area contributed by atoms with Crippen LogP contribution in [0.5, 0.6) is 0 Å². The van der Waals surface area contributed by atoms with Crippen LogP contribution in [0.2, 0.25) is 0 Å². The molecule has 0 saturated heterocycles. The summed E-state index contributed by atoms with van der Waals surface area (Å²) in [7, 11) is 0. The first kappa shape index (κ1) is 26.4. The third-order valence-electron chi connectivity index (χ3n) is 7.16. The van der Waals surface area contributed by atoms with Crippen LogP contribution in [0.1, 0.15) is 58.1 Å². The number of nitrogens with two attached hydrogens (primary N) is 1. The Labute approximate surface area is 228 Å². The molecule has 0 spiro atoms. The Morgan fingerprint density at radius 3 is 2.55 bits per heavy atom. The normalized spacial score (nSPS) is 19.1. The van der Waals surface area contributed by atoms with Crippen LogP contribution in [0, 0.1) is 5.92 Å². The van der Waals surface area contributed by atoms with Crippen molar-refractivity contribution in [2.75, 3.05) is 5.73 Å². The number of rotatable bonds is 7. The van der Waals surface area contributed by atoms with Gasteiger partial charge >= 0.3 is 0 Å². The SMILES string of the molecule is CC(=O)C(F)C1CCC(c2nc3c(-c4ccc(-c5cnn(CC(C)(C)O)c5)nc4)cnn3c(N)c2Br)CC1. The number of Topliss-reactive ketones (excluding diaryl/α,β-unsaturated/α-hetero) is 1. The molecule has 0 amide bonds. The molecule has 200 valence electrons. The third kappa shape index (κ3) is 5.22. The minimum absolute atomic E-state index is 0.107. The van der Waals surface area contributed by atoms with Crippen LogP contribution in [0.4, 0.5) is 10.2 Å². The predicted molar refractivity (Wildman–Crippen MR) is 146 cm³/mol. The van der Waals surface area contributed by atoms with Crippen molar-refractivity contribution in [2.24, 2.45) is 5.92 Å². The van der Waals surface area contributed by atoms with E-state index in [0.29, 0.717) is 35.3 Å². The number of anilines is 1. The highest BCUT2D eigenvalue weighted by Gasteiger charge is 2.32. The molecule has 9 nitrogen and oxygen atoms in total. The summed E-state index contributed by atoms with van der Waals surface area (Å²) < 4.78 is 18.3. The first-order valence-electron chi connectivity index (χ1n) is 12.7. The van der Waals surface area contributed by atoms with E-state index in [2.05, 4.69) is 31.1 Å². The maximum absolute atomic E-state index is 14.3. The second kappa shape index (κ2) is 10.2. The molecule has 11 heteroatoms. The van der Waals surface area contributed by atoms with Crippen molar-refractivity contribution in [2.45, 2.75) is 70.7 Å². The second-order valence-corrected chi connectivity index (χ2v) is 11.6. The van der Waals surface area contributed by atoms with Crippen LogP contribution in [-0.4, -0.2) is 52.0 Å². The number of fused-ring (bicyclic) bond motifs is 1. The van der Waals surface area contributed by atoms with Crippen LogP contribution in [-0.2, 0) is 11.3 Å². The summed E-state index contributed by atoms with van der Waals surface area (Å²) in [6, 6.07) is 3.87. The zero-order valence-corrected chi connectivity index (χ0v) is 23.2. The Kier molecular flexibility index (Phi) is 7.08. The molecule has 4 aromatic heterocycles. The van der Waals surface area contributed by atoms with E-state index in [4.69, 9.17) is 10.7 Å². The van der Waals surface area contributed by atoms with Gasteiger partial charge in [-0.25, -0.2) is 9.37 Å². The summed E-state index contributed by atoms with van der Waals surface area (Å²) >= 11 is 3.61. The van der Waals surface area contributed by atoms with Gasteiger partial charge in [-0.2, -0.15) is 14.7 Å². The van der Waals surface area contributed by atoms with E-state index in [1.54, 1.807) is 41.6 Å². The molecule has 1 atom stereocenters. The number of hydrogen-bond donors (Lipinski definition) is 2. The van der Waals surface area contributed by atoms with Crippen LogP contribution in [0.3, 0.4) is 0 Å². The quantitative estimate of drug-likeness (QED) is 0.314. The van der Waals surface area contributed by atoms with E-state index in [9.17, 15) is 14.3 Å². The molecule has 38 heavy (non-hydrogen) atoms. The molecule has 1 aliphatic rings. The molecule has 1 saturated carbocycles. The number of halogens is 2.